The number of rotatable bonds is 3. The quantitative estimate of drug-likeness (QED) is 0.476. The molecule has 2 N–H and O–H groups in total. The normalized spacial score (nSPS) is 20.2. The van der Waals surface area contributed by atoms with Crippen molar-refractivity contribution in [3.63, 3.8) is 0 Å². The van der Waals surface area contributed by atoms with E-state index in [1.807, 2.05) is 0 Å². The molecular weight excluding hydrogens is 366 g/mol. The van der Waals surface area contributed by atoms with E-state index in [-0.39, 0.29) is 12.3 Å². The molecule has 2 rings (SSSR count). The number of hydrogen-bond donors (Lipinski definition) is 2. The topological polar surface area (TPSA) is 87.1 Å². The summed E-state index contributed by atoms with van der Waals surface area (Å²) in [7, 11) is -9.49. The molecule has 1 heterocycles. The van der Waals surface area contributed by atoms with Gasteiger partial charge in [0.05, 0.1) is 5.75 Å². The van der Waals surface area contributed by atoms with Gasteiger partial charge in [0.25, 0.3) is 0 Å². The van der Waals surface area contributed by atoms with Gasteiger partial charge in [0.15, 0.2) is 11.6 Å². The van der Waals surface area contributed by atoms with Gasteiger partial charge in [0.2, 0.25) is 0 Å². The van der Waals surface area contributed by atoms with Crippen LogP contribution in [0.25, 0.3) is 0 Å². The van der Waals surface area contributed by atoms with Crippen molar-refractivity contribution in [1.82, 2.24) is 0 Å². The van der Waals surface area contributed by atoms with E-state index in [1.54, 1.807) is 0 Å². The lowest BCUT2D eigenvalue weighted by Gasteiger charge is -2.47. The minimum Gasteiger partial charge on any atom is -0.374 e. The zero-order valence-electron chi connectivity index (χ0n) is 11.5. The fourth-order valence-electron chi connectivity index (χ4n) is 2.04. The number of nitrogens with zero attached hydrogens (tertiary/aromatic N) is 1. The molecule has 0 aromatic heterocycles. The molecule has 132 valence electrons. The summed E-state index contributed by atoms with van der Waals surface area (Å²) >= 11 is 0. The first-order valence-corrected chi connectivity index (χ1v) is 9.37. The Hall–Kier alpha value is -1.24. The summed E-state index contributed by atoms with van der Waals surface area (Å²) in [5.74, 6) is -2.18. The Labute approximate surface area is 131 Å². The monoisotopic (exact) mass is 379 g/mol. The Morgan fingerprint density at radius 2 is 1.87 bits per heavy atom. The van der Waals surface area contributed by atoms with Gasteiger partial charge in [-0.2, -0.15) is 21.6 Å². The number of hydrogen-bond acceptors (Lipinski definition) is 6. The maximum absolute atomic E-state index is 14.0. The summed E-state index contributed by atoms with van der Waals surface area (Å²) in [5, 5.41) is 0. The number of alkyl halides is 3. The molecule has 12 heteroatoms. The van der Waals surface area contributed by atoms with Gasteiger partial charge < -0.3 is 4.18 Å². The van der Waals surface area contributed by atoms with Crippen LogP contribution >= 0.6 is 10.8 Å². The first-order valence-electron chi connectivity index (χ1n) is 6.28. The van der Waals surface area contributed by atoms with E-state index in [1.165, 1.54) is 0 Å². The van der Waals surface area contributed by atoms with E-state index in [9.17, 15) is 35.1 Å². The molecule has 6 nitrogen and oxygen atoms in total. The Balaban J connectivity index is 2.49. The lowest BCUT2D eigenvalue weighted by Crippen LogP contribution is -2.36. The summed E-state index contributed by atoms with van der Waals surface area (Å²) in [6, 6.07) is 2.62. The van der Waals surface area contributed by atoms with Crippen molar-refractivity contribution in [2.24, 2.45) is 0 Å². The molecule has 23 heavy (non-hydrogen) atoms. The van der Waals surface area contributed by atoms with Gasteiger partial charge in [0.1, 0.15) is 5.69 Å². The third-order valence-corrected chi connectivity index (χ3v) is 5.94. The lowest BCUT2D eigenvalue weighted by molar-refractivity contribution is -0.0499. The molecule has 1 saturated heterocycles. The average Bonchev–Trinajstić information content (AvgIpc) is 2.38. The fraction of sp³-hybridized carbons (Fsp3) is 0.455. The van der Waals surface area contributed by atoms with Crippen LogP contribution in [0.15, 0.2) is 18.2 Å². The van der Waals surface area contributed by atoms with Crippen molar-refractivity contribution in [2.75, 3.05) is 16.6 Å². The molecule has 0 bridgehead atoms. The van der Waals surface area contributed by atoms with E-state index in [4.69, 9.17) is 0 Å². The van der Waals surface area contributed by atoms with Gasteiger partial charge in [0, 0.05) is 6.54 Å². The summed E-state index contributed by atoms with van der Waals surface area (Å²) in [6.45, 7) is -0.0638. The van der Waals surface area contributed by atoms with Crippen LogP contribution in [0.4, 0.5) is 23.2 Å². The molecule has 1 aliphatic rings. The predicted octanol–water partition coefficient (Wildman–Crippen LogP) is 3.32. The molecule has 1 fully saturated rings. The van der Waals surface area contributed by atoms with E-state index in [2.05, 4.69) is 4.18 Å². The van der Waals surface area contributed by atoms with E-state index in [0.717, 1.165) is 22.5 Å². The summed E-state index contributed by atoms with van der Waals surface area (Å²) in [5.41, 5.74) is -6.42. The van der Waals surface area contributed by atoms with E-state index in [0.29, 0.717) is 12.8 Å². The van der Waals surface area contributed by atoms with Crippen LogP contribution in [0.5, 0.6) is 5.75 Å². The average molecular weight is 379 g/mol. The highest BCUT2D eigenvalue weighted by Crippen LogP contribution is 2.53. The van der Waals surface area contributed by atoms with Crippen molar-refractivity contribution in [1.29, 1.82) is 0 Å². The number of benzene rings is 1. The molecule has 0 unspecified atom stereocenters. The molecule has 0 amide bonds. The summed E-state index contributed by atoms with van der Waals surface area (Å²) in [6.07, 6.45) is 0.861. The predicted molar refractivity (Wildman–Crippen MR) is 76.3 cm³/mol. The van der Waals surface area contributed by atoms with Crippen molar-refractivity contribution in [3.05, 3.63) is 24.0 Å². The standard InChI is InChI=1S/C11H13F4NO5S2/c12-8-4-3-5-9(21-23(19,20)11(13,14)15)10(8)16-6-1-2-7-22(16,17)18/h3-5,17-18H,1-2,6-7H2. The number of anilines is 1. The first-order chi connectivity index (χ1) is 10.5. The fourth-order valence-corrected chi connectivity index (χ4v) is 4.20. The van der Waals surface area contributed by atoms with Crippen molar-refractivity contribution in [3.8, 4) is 5.75 Å². The second-order valence-corrected chi connectivity index (χ2v) is 8.37. The van der Waals surface area contributed by atoms with Crippen LogP contribution < -0.4 is 8.49 Å². The Morgan fingerprint density at radius 1 is 1.22 bits per heavy atom. The molecule has 0 saturated carbocycles. The van der Waals surface area contributed by atoms with E-state index < -0.39 is 43.7 Å². The van der Waals surface area contributed by atoms with Crippen LogP contribution in [0.1, 0.15) is 12.8 Å². The van der Waals surface area contributed by atoms with Crippen molar-refractivity contribution >= 4 is 26.6 Å². The maximum atomic E-state index is 14.0. The van der Waals surface area contributed by atoms with Gasteiger partial charge in [-0.3, -0.25) is 13.4 Å². The Kier molecular flexibility index (Phi) is 4.72. The maximum Gasteiger partial charge on any atom is 0.534 e. The summed E-state index contributed by atoms with van der Waals surface area (Å²) in [4.78, 5) is 0. The highest BCUT2D eigenvalue weighted by Gasteiger charge is 2.49. The Bertz CT molecular complexity index is 692. The minimum atomic E-state index is -6.01. The van der Waals surface area contributed by atoms with Crippen LogP contribution in [-0.4, -0.2) is 35.3 Å². The molecule has 0 radical (unpaired) electrons. The van der Waals surface area contributed by atoms with Crippen LogP contribution in [-0.2, 0) is 10.1 Å². The molecule has 1 aromatic rings. The zero-order chi connectivity index (χ0) is 17.5. The molecule has 1 aromatic carbocycles. The second kappa shape index (κ2) is 6.00. The minimum absolute atomic E-state index is 0.0638. The largest absolute Gasteiger partial charge is 0.534 e. The SMILES string of the molecule is O=S(=O)(Oc1cccc(F)c1N1CCCCS1(O)O)C(F)(F)F. The molecule has 0 aliphatic carbocycles. The van der Waals surface area contributed by atoms with Crippen molar-refractivity contribution < 1.29 is 39.3 Å². The van der Waals surface area contributed by atoms with Gasteiger partial charge in [-0.25, -0.2) is 4.39 Å². The molecule has 0 atom stereocenters. The van der Waals surface area contributed by atoms with Crippen molar-refractivity contribution in [2.45, 2.75) is 18.3 Å². The highest BCUT2D eigenvalue weighted by molar-refractivity contribution is 8.25. The Morgan fingerprint density at radius 3 is 2.43 bits per heavy atom. The van der Waals surface area contributed by atoms with Crippen LogP contribution in [0, 0.1) is 5.82 Å². The molecule has 1 aliphatic heterocycles. The van der Waals surface area contributed by atoms with Crippen LogP contribution in [0.3, 0.4) is 0 Å². The van der Waals surface area contributed by atoms with Crippen LogP contribution in [0.2, 0.25) is 0 Å². The smallest absolute Gasteiger partial charge is 0.374 e. The first kappa shape index (κ1) is 18.1. The highest BCUT2D eigenvalue weighted by atomic mass is 32.3. The van der Waals surface area contributed by atoms with Gasteiger partial charge in [-0.1, -0.05) is 6.07 Å². The number of halogens is 4. The van der Waals surface area contributed by atoms with Gasteiger partial charge in [-0.05, 0) is 25.0 Å². The summed E-state index contributed by atoms with van der Waals surface area (Å²) < 4.78 is 98.3. The van der Waals surface area contributed by atoms with Gasteiger partial charge in [-0.15, -0.1) is 10.8 Å². The molecule has 0 spiro atoms. The van der Waals surface area contributed by atoms with Gasteiger partial charge >= 0.3 is 15.6 Å². The lowest BCUT2D eigenvalue weighted by atomic mass is 10.2. The third-order valence-electron chi connectivity index (χ3n) is 3.06. The zero-order valence-corrected chi connectivity index (χ0v) is 13.1. The molecular formula is C11H13F4NO5S2. The van der Waals surface area contributed by atoms with E-state index >= 15 is 0 Å². The number of para-hydroxylation sites is 1. The third kappa shape index (κ3) is 3.65. The second-order valence-electron chi connectivity index (χ2n) is 4.72.